The van der Waals surface area contributed by atoms with Crippen LogP contribution in [0.25, 0.3) is 11.1 Å². The molecule has 3 heterocycles. The van der Waals surface area contributed by atoms with Gasteiger partial charge in [0.2, 0.25) is 0 Å². The van der Waals surface area contributed by atoms with Gasteiger partial charge in [-0.3, -0.25) is 9.58 Å². The SMILES string of the molecule is CCOC(=O)c1cnn(C2CCCN(c3cc(Cl)ccc3-c3ccc(N4CCN(C(O)C56CC(F)(C5)C6)CC4)cc3)C2)c1C(F)(F)F. The van der Waals surface area contributed by atoms with Crippen molar-refractivity contribution in [3.05, 3.63) is 64.9 Å². The number of aliphatic hydroxyl groups excluding tert-OH is 1. The van der Waals surface area contributed by atoms with E-state index in [0.29, 0.717) is 56.8 Å². The lowest BCUT2D eigenvalue weighted by Gasteiger charge is -2.68. The standard InChI is InChI=1S/C34H38ClF4N5O3/c1-2-47-30(45)27-17-40-44(29(27)34(37,38)39)25-4-3-11-43(18-25)28-16-23(35)7-10-26(28)22-5-8-24(9-6-22)41-12-14-42(15-13-41)31(46)32-19-33(36,20-32)21-32/h5-10,16-17,25,31,46H,2-4,11-15,18-21H2,1H3. The monoisotopic (exact) mass is 675 g/mol. The highest BCUT2D eigenvalue weighted by molar-refractivity contribution is 6.31. The van der Waals surface area contributed by atoms with E-state index in [-0.39, 0.29) is 18.6 Å². The van der Waals surface area contributed by atoms with Crippen molar-refractivity contribution in [2.24, 2.45) is 5.41 Å². The lowest BCUT2D eigenvalue weighted by molar-refractivity contribution is -0.290. The van der Waals surface area contributed by atoms with Crippen LogP contribution in [0.1, 0.15) is 61.1 Å². The molecule has 2 aromatic carbocycles. The van der Waals surface area contributed by atoms with Crippen LogP contribution in [-0.4, -0.2) is 83.5 Å². The fourth-order valence-electron chi connectivity index (χ4n) is 8.14. The summed E-state index contributed by atoms with van der Waals surface area (Å²) in [5.41, 5.74) is 0.758. The molecule has 0 spiro atoms. The number of hydrogen-bond donors (Lipinski definition) is 1. The number of carbonyl (C=O) groups is 1. The van der Waals surface area contributed by atoms with Gasteiger partial charge in [-0.1, -0.05) is 29.8 Å². The Balaban J connectivity index is 1.07. The molecule has 5 fully saturated rings. The van der Waals surface area contributed by atoms with Gasteiger partial charge in [-0.25, -0.2) is 9.18 Å². The Labute approximate surface area is 275 Å². The summed E-state index contributed by atoms with van der Waals surface area (Å²) in [5.74, 6) is -1.04. The highest BCUT2D eigenvalue weighted by Gasteiger charge is 2.72. The molecule has 0 radical (unpaired) electrons. The Kier molecular flexibility index (Phi) is 8.20. The number of aliphatic hydroxyl groups is 1. The van der Waals surface area contributed by atoms with Crippen LogP contribution >= 0.6 is 11.6 Å². The number of anilines is 2. The number of aromatic nitrogens is 2. The number of piperidine rings is 1. The smallest absolute Gasteiger partial charge is 0.433 e. The maximum Gasteiger partial charge on any atom is 0.433 e. The zero-order valence-corrected chi connectivity index (χ0v) is 26.9. The van der Waals surface area contributed by atoms with Crippen LogP contribution in [-0.2, 0) is 10.9 Å². The number of alkyl halides is 4. The average Bonchev–Trinajstić information content (AvgIpc) is 3.50. The molecule has 2 atom stereocenters. The molecule has 8 nitrogen and oxygen atoms in total. The highest BCUT2D eigenvalue weighted by atomic mass is 35.5. The second kappa shape index (κ2) is 12.0. The molecular weight excluding hydrogens is 638 g/mol. The second-order valence-electron chi connectivity index (χ2n) is 13.5. The van der Waals surface area contributed by atoms with E-state index in [1.165, 1.54) is 0 Å². The number of carbonyl (C=O) groups excluding carboxylic acids is 1. The normalized spacial score (nSPS) is 26.8. The number of halogens is 5. The van der Waals surface area contributed by atoms with E-state index in [4.69, 9.17) is 16.3 Å². The van der Waals surface area contributed by atoms with E-state index in [1.54, 1.807) is 13.0 Å². The van der Waals surface area contributed by atoms with Crippen LogP contribution in [0.3, 0.4) is 0 Å². The van der Waals surface area contributed by atoms with Crippen molar-refractivity contribution in [1.29, 1.82) is 0 Å². The number of benzene rings is 2. The van der Waals surface area contributed by atoms with Crippen molar-refractivity contribution in [3.63, 3.8) is 0 Å². The van der Waals surface area contributed by atoms with Crippen LogP contribution in [0.5, 0.6) is 0 Å². The predicted molar refractivity (Wildman–Crippen MR) is 170 cm³/mol. The first-order valence-corrected chi connectivity index (χ1v) is 16.6. The molecule has 3 aromatic rings. The summed E-state index contributed by atoms with van der Waals surface area (Å²) < 4.78 is 62.5. The Morgan fingerprint density at radius 2 is 1.77 bits per heavy atom. The Morgan fingerprint density at radius 1 is 1.06 bits per heavy atom. The summed E-state index contributed by atoms with van der Waals surface area (Å²) in [6.45, 7) is 5.28. The van der Waals surface area contributed by atoms with Crippen LogP contribution in [0.2, 0.25) is 5.02 Å². The van der Waals surface area contributed by atoms with Crippen LogP contribution in [0.15, 0.2) is 48.7 Å². The van der Waals surface area contributed by atoms with Crippen molar-refractivity contribution in [3.8, 4) is 11.1 Å². The highest BCUT2D eigenvalue weighted by Crippen LogP contribution is 2.71. The summed E-state index contributed by atoms with van der Waals surface area (Å²) in [5, 5.41) is 15.5. The van der Waals surface area contributed by atoms with Gasteiger partial charge in [-0.15, -0.1) is 0 Å². The van der Waals surface area contributed by atoms with Crippen LogP contribution < -0.4 is 9.80 Å². The Hall–Kier alpha value is -3.35. The third-order valence-corrected chi connectivity index (χ3v) is 10.6. The van der Waals surface area contributed by atoms with Gasteiger partial charge in [0.1, 0.15) is 17.5 Å². The molecule has 47 heavy (non-hydrogen) atoms. The maximum atomic E-state index is 14.2. The van der Waals surface area contributed by atoms with Crippen LogP contribution in [0.4, 0.5) is 28.9 Å². The first kappa shape index (κ1) is 32.2. The van der Waals surface area contributed by atoms with E-state index in [9.17, 15) is 27.5 Å². The molecule has 13 heteroatoms. The number of hydrogen-bond acceptors (Lipinski definition) is 7. The first-order chi connectivity index (χ1) is 22.4. The Morgan fingerprint density at radius 3 is 2.40 bits per heavy atom. The van der Waals surface area contributed by atoms with Gasteiger partial charge in [0, 0.05) is 66.6 Å². The zero-order valence-electron chi connectivity index (χ0n) is 26.1. The fourth-order valence-corrected chi connectivity index (χ4v) is 8.31. The summed E-state index contributed by atoms with van der Waals surface area (Å²) >= 11 is 6.45. The molecule has 2 bridgehead atoms. The van der Waals surface area contributed by atoms with Gasteiger partial charge in [-0.2, -0.15) is 18.3 Å². The van der Waals surface area contributed by atoms with E-state index in [1.807, 2.05) is 29.2 Å². The minimum absolute atomic E-state index is 0.0402. The quantitative estimate of drug-likeness (QED) is 0.214. The Bertz CT molecular complexity index is 1620. The molecule has 3 aliphatic carbocycles. The van der Waals surface area contributed by atoms with Crippen molar-refractivity contribution < 1.29 is 32.2 Å². The van der Waals surface area contributed by atoms with Gasteiger partial charge in [-0.05, 0) is 68.9 Å². The summed E-state index contributed by atoms with van der Waals surface area (Å²) in [6.07, 6.45) is -1.91. The molecule has 2 unspecified atom stereocenters. The van der Waals surface area contributed by atoms with E-state index in [0.717, 1.165) is 46.5 Å². The number of ether oxygens (including phenoxy) is 1. The zero-order chi connectivity index (χ0) is 33.1. The van der Waals surface area contributed by atoms with E-state index < -0.39 is 41.3 Å². The number of piperazine rings is 1. The molecule has 252 valence electrons. The second-order valence-corrected chi connectivity index (χ2v) is 13.9. The summed E-state index contributed by atoms with van der Waals surface area (Å²) in [4.78, 5) is 18.7. The number of nitrogens with zero attached hydrogens (tertiary/aromatic N) is 5. The summed E-state index contributed by atoms with van der Waals surface area (Å²) in [7, 11) is 0. The molecule has 5 aliphatic rings. The molecular formula is C34H38ClF4N5O3. The maximum absolute atomic E-state index is 14.2. The van der Waals surface area contributed by atoms with Crippen molar-refractivity contribution >= 4 is 28.9 Å². The number of esters is 1. The average molecular weight is 676 g/mol. The van der Waals surface area contributed by atoms with E-state index in [2.05, 4.69) is 27.0 Å². The third kappa shape index (κ3) is 5.86. The minimum Gasteiger partial charge on any atom is -0.462 e. The third-order valence-electron chi connectivity index (χ3n) is 10.4. The summed E-state index contributed by atoms with van der Waals surface area (Å²) in [6, 6.07) is 13.1. The topological polar surface area (TPSA) is 74.1 Å². The minimum atomic E-state index is -4.79. The molecule has 2 aliphatic heterocycles. The first-order valence-electron chi connectivity index (χ1n) is 16.2. The molecule has 1 aromatic heterocycles. The lowest BCUT2D eigenvalue weighted by Crippen LogP contribution is -2.72. The predicted octanol–water partition coefficient (Wildman–Crippen LogP) is 6.57. The molecule has 3 saturated carbocycles. The fraction of sp³-hybridized carbons (Fsp3) is 0.529. The van der Waals surface area contributed by atoms with Gasteiger partial charge in [0.05, 0.1) is 18.8 Å². The van der Waals surface area contributed by atoms with Crippen molar-refractivity contribution in [2.45, 2.75) is 63.1 Å². The molecule has 2 saturated heterocycles. The van der Waals surface area contributed by atoms with Crippen LogP contribution in [0, 0.1) is 5.41 Å². The lowest BCUT2D eigenvalue weighted by atomic mass is 9.41. The molecule has 8 rings (SSSR count). The van der Waals surface area contributed by atoms with Gasteiger partial charge >= 0.3 is 12.1 Å². The van der Waals surface area contributed by atoms with Crippen molar-refractivity contribution in [1.82, 2.24) is 14.7 Å². The van der Waals surface area contributed by atoms with Gasteiger partial charge in [0.15, 0.2) is 5.69 Å². The largest absolute Gasteiger partial charge is 0.462 e. The number of rotatable bonds is 8. The molecule has 0 amide bonds. The van der Waals surface area contributed by atoms with Gasteiger partial charge < -0.3 is 19.6 Å². The van der Waals surface area contributed by atoms with E-state index >= 15 is 0 Å². The molecule has 1 N–H and O–H groups in total. The van der Waals surface area contributed by atoms with Gasteiger partial charge in [0.25, 0.3) is 0 Å². The van der Waals surface area contributed by atoms with Crippen molar-refractivity contribution in [2.75, 3.05) is 55.7 Å².